The number of nitriles is 1. The molecule has 0 bridgehead atoms. The largest absolute Gasteiger partial charge is 0.493 e. The van der Waals surface area contributed by atoms with E-state index in [-0.39, 0.29) is 6.61 Å². The van der Waals surface area contributed by atoms with E-state index in [4.69, 9.17) is 19.2 Å². The van der Waals surface area contributed by atoms with Gasteiger partial charge in [-0.05, 0) is 42.8 Å². The molecule has 0 aliphatic carbocycles. The molecule has 0 saturated heterocycles. The summed E-state index contributed by atoms with van der Waals surface area (Å²) in [6.07, 6.45) is 0. The number of thioether (sulfide) groups is 1. The molecule has 0 fully saturated rings. The van der Waals surface area contributed by atoms with Crippen molar-refractivity contribution in [3.8, 4) is 17.6 Å². The molecule has 0 N–H and O–H groups in total. The Morgan fingerprint density at radius 2 is 1.88 bits per heavy atom. The number of hydrogen-bond acceptors (Lipinski definition) is 7. The van der Waals surface area contributed by atoms with E-state index in [0.29, 0.717) is 34.8 Å². The third-order valence-electron chi connectivity index (χ3n) is 3.34. The van der Waals surface area contributed by atoms with Gasteiger partial charge in [-0.1, -0.05) is 30.0 Å². The molecule has 3 aromatic rings. The van der Waals surface area contributed by atoms with Crippen LogP contribution in [0.3, 0.4) is 0 Å². The summed E-state index contributed by atoms with van der Waals surface area (Å²) in [5, 5.41) is 17.3. The molecule has 0 aliphatic rings. The lowest BCUT2D eigenvalue weighted by atomic mass is 10.2. The van der Waals surface area contributed by atoms with Gasteiger partial charge >= 0.3 is 0 Å². The van der Waals surface area contributed by atoms with Crippen molar-refractivity contribution >= 4 is 11.8 Å². The summed E-state index contributed by atoms with van der Waals surface area (Å²) >= 11 is 1.41. The van der Waals surface area contributed by atoms with Crippen LogP contribution in [0.5, 0.6) is 11.5 Å². The summed E-state index contributed by atoms with van der Waals surface area (Å²) in [6.45, 7) is 2.71. The lowest BCUT2D eigenvalue weighted by Gasteiger charge is -2.04. The number of benzene rings is 2. The molecule has 0 saturated carbocycles. The van der Waals surface area contributed by atoms with E-state index in [1.165, 1.54) is 11.8 Å². The van der Waals surface area contributed by atoms with Crippen molar-refractivity contribution in [2.45, 2.75) is 18.8 Å². The van der Waals surface area contributed by atoms with Crippen LogP contribution >= 0.6 is 11.8 Å². The van der Waals surface area contributed by atoms with Crippen LogP contribution in [0.2, 0.25) is 0 Å². The Balaban J connectivity index is 1.41. The van der Waals surface area contributed by atoms with Crippen LogP contribution in [0.1, 0.15) is 17.0 Å². The molecular formula is C19H17N3O3S. The molecule has 0 atom stereocenters. The molecule has 132 valence electrons. The monoisotopic (exact) mass is 367 g/mol. The van der Waals surface area contributed by atoms with Crippen molar-refractivity contribution in [3.05, 3.63) is 65.5 Å². The first-order valence-electron chi connectivity index (χ1n) is 8.00. The third kappa shape index (κ3) is 5.26. The predicted octanol–water partition coefficient (Wildman–Crippen LogP) is 4.00. The minimum atomic E-state index is 0.231. The number of nitrogens with zero attached hydrogens (tertiary/aromatic N) is 3. The van der Waals surface area contributed by atoms with Crippen molar-refractivity contribution in [2.75, 3.05) is 12.4 Å². The summed E-state index contributed by atoms with van der Waals surface area (Å²) < 4.78 is 16.8. The Bertz CT molecular complexity index is 905. The molecule has 0 spiro atoms. The van der Waals surface area contributed by atoms with Crippen LogP contribution in [0.4, 0.5) is 0 Å². The first kappa shape index (κ1) is 17.8. The fourth-order valence-electron chi connectivity index (χ4n) is 2.15. The highest BCUT2D eigenvalue weighted by Crippen LogP contribution is 2.19. The fraction of sp³-hybridized carbons (Fsp3) is 0.211. The number of aryl methyl sites for hydroxylation is 1. The molecule has 1 aromatic heterocycles. The second-order valence-electron chi connectivity index (χ2n) is 5.40. The van der Waals surface area contributed by atoms with Crippen LogP contribution in [-0.2, 0) is 6.61 Å². The van der Waals surface area contributed by atoms with Gasteiger partial charge < -0.3 is 13.9 Å². The lowest BCUT2D eigenvalue weighted by Crippen LogP contribution is -2.00. The van der Waals surface area contributed by atoms with Crippen LogP contribution in [0.25, 0.3) is 0 Å². The second-order valence-corrected chi connectivity index (χ2v) is 6.45. The van der Waals surface area contributed by atoms with Gasteiger partial charge in [-0.3, -0.25) is 0 Å². The minimum absolute atomic E-state index is 0.231. The van der Waals surface area contributed by atoms with Crippen molar-refractivity contribution in [2.24, 2.45) is 0 Å². The zero-order valence-corrected chi connectivity index (χ0v) is 15.0. The highest BCUT2D eigenvalue weighted by molar-refractivity contribution is 7.99. The molecule has 2 aromatic carbocycles. The Kier molecular flexibility index (Phi) is 6.12. The van der Waals surface area contributed by atoms with Crippen LogP contribution in [-0.4, -0.2) is 22.6 Å². The predicted molar refractivity (Wildman–Crippen MR) is 97.2 cm³/mol. The summed E-state index contributed by atoms with van der Waals surface area (Å²) in [5.74, 6) is 2.52. The smallest absolute Gasteiger partial charge is 0.276 e. The standard InChI is InChI=1S/C19H17N3O3S/c1-14-4-2-6-16(10-14)24-13-18-21-22-19(25-18)26-9-8-23-17-7-3-5-15(11-17)12-20/h2-7,10-11H,8-9,13H2,1H3. The van der Waals surface area contributed by atoms with Gasteiger partial charge in [0.2, 0.25) is 0 Å². The third-order valence-corrected chi connectivity index (χ3v) is 4.12. The highest BCUT2D eigenvalue weighted by atomic mass is 32.2. The maximum absolute atomic E-state index is 8.87. The number of hydrogen-bond donors (Lipinski definition) is 0. The minimum Gasteiger partial charge on any atom is -0.493 e. The Labute approximate surface area is 155 Å². The van der Waals surface area contributed by atoms with Gasteiger partial charge in [-0.15, -0.1) is 10.2 Å². The summed E-state index contributed by atoms with van der Waals surface area (Å²) in [4.78, 5) is 0. The van der Waals surface area contributed by atoms with Gasteiger partial charge in [0.05, 0.1) is 18.2 Å². The number of rotatable bonds is 8. The summed E-state index contributed by atoms with van der Waals surface area (Å²) in [5.41, 5.74) is 1.70. The molecule has 0 radical (unpaired) electrons. The van der Waals surface area contributed by atoms with E-state index >= 15 is 0 Å². The molecule has 0 aliphatic heterocycles. The number of aromatic nitrogens is 2. The van der Waals surface area contributed by atoms with E-state index in [1.807, 2.05) is 37.3 Å². The van der Waals surface area contributed by atoms with Crippen LogP contribution in [0, 0.1) is 18.3 Å². The van der Waals surface area contributed by atoms with Crippen molar-refractivity contribution in [3.63, 3.8) is 0 Å². The van der Waals surface area contributed by atoms with E-state index in [9.17, 15) is 0 Å². The molecule has 1 heterocycles. The lowest BCUT2D eigenvalue weighted by molar-refractivity contribution is 0.252. The Morgan fingerprint density at radius 1 is 1.08 bits per heavy atom. The maximum atomic E-state index is 8.87. The average Bonchev–Trinajstić information content (AvgIpc) is 3.12. The fourth-order valence-corrected chi connectivity index (χ4v) is 2.74. The van der Waals surface area contributed by atoms with E-state index in [0.717, 1.165) is 11.3 Å². The molecular weight excluding hydrogens is 350 g/mol. The van der Waals surface area contributed by atoms with E-state index in [2.05, 4.69) is 16.3 Å². The average molecular weight is 367 g/mol. The van der Waals surface area contributed by atoms with Crippen LogP contribution in [0.15, 0.2) is 58.2 Å². The van der Waals surface area contributed by atoms with Gasteiger partial charge in [-0.2, -0.15) is 5.26 Å². The zero-order valence-electron chi connectivity index (χ0n) is 14.2. The van der Waals surface area contributed by atoms with Crippen LogP contribution < -0.4 is 9.47 Å². The highest BCUT2D eigenvalue weighted by Gasteiger charge is 2.08. The first-order valence-corrected chi connectivity index (χ1v) is 8.99. The van der Waals surface area contributed by atoms with E-state index < -0.39 is 0 Å². The summed E-state index contributed by atoms with van der Waals surface area (Å²) in [6, 6.07) is 16.9. The van der Waals surface area contributed by atoms with Gasteiger partial charge in [-0.25, -0.2) is 0 Å². The van der Waals surface area contributed by atoms with Gasteiger partial charge in [0.15, 0.2) is 6.61 Å². The van der Waals surface area contributed by atoms with E-state index in [1.54, 1.807) is 18.2 Å². The van der Waals surface area contributed by atoms with Crippen molar-refractivity contribution in [1.82, 2.24) is 10.2 Å². The topological polar surface area (TPSA) is 81.2 Å². The second kappa shape index (κ2) is 8.92. The molecule has 26 heavy (non-hydrogen) atoms. The maximum Gasteiger partial charge on any atom is 0.276 e. The molecule has 7 heteroatoms. The van der Waals surface area contributed by atoms with Crippen molar-refractivity contribution in [1.29, 1.82) is 5.26 Å². The quantitative estimate of drug-likeness (QED) is 0.440. The zero-order chi connectivity index (χ0) is 18.2. The SMILES string of the molecule is Cc1cccc(OCc2nnc(SCCOc3cccc(C#N)c3)o2)c1. The summed E-state index contributed by atoms with van der Waals surface area (Å²) in [7, 11) is 0. The van der Waals surface area contributed by atoms with Crippen molar-refractivity contribution < 1.29 is 13.9 Å². The normalized spacial score (nSPS) is 10.3. The Hall–Kier alpha value is -2.98. The van der Waals surface area contributed by atoms with Gasteiger partial charge in [0.1, 0.15) is 11.5 Å². The molecule has 6 nitrogen and oxygen atoms in total. The van der Waals surface area contributed by atoms with Gasteiger partial charge in [0, 0.05) is 5.75 Å². The van der Waals surface area contributed by atoms with Gasteiger partial charge in [0.25, 0.3) is 11.1 Å². The Morgan fingerprint density at radius 3 is 2.69 bits per heavy atom. The molecule has 3 rings (SSSR count). The molecule has 0 unspecified atom stereocenters. The number of ether oxygens (including phenoxy) is 2. The molecule has 0 amide bonds. The first-order chi connectivity index (χ1) is 12.7.